The van der Waals surface area contributed by atoms with Crippen LogP contribution in [-0.4, -0.2) is 45.3 Å². The molecule has 1 aliphatic heterocycles. The molecule has 2 heterocycles. The van der Waals surface area contributed by atoms with Crippen LogP contribution in [0.4, 0.5) is 11.6 Å². The number of nitro groups is 1. The molecular formula is C11H15N5O3. The predicted molar refractivity (Wildman–Crippen MR) is 67.6 cm³/mol. The number of rotatable bonds is 5. The molecule has 0 aliphatic carbocycles. The summed E-state index contributed by atoms with van der Waals surface area (Å²) in [7, 11) is 0. The molecule has 1 N–H and O–H groups in total. The minimum atomic E-state index is -0.555. The van der Waals surface area contributed by atoms with Gasteiger partial charge in [0.25, 0.3) is 0 Å². The number of anilines is 1. The summed E-state index contributed by atoms with van der Waals surface area (Å²) in [4.78, 5) is 31.1. The van der Waals surface area contributed by atoms with E-state index in [4.69, 9.17) is 0 Å². The summed E-state index contributed by atoms with van der Waals surface area (Å²) in [6, 6.07) is 0. The molecule has 0 radical (unpaired) electrons. The van der Waals surface area contributed by atoms with Crippen molar-refractivity contribution >= 4 is 17.5 Å². The van der Waals surface area contributed by atoms with E-state index in [9.17, 15) is 14.9 Å². The molecule has 0 bridgehead atoms. The van der Waals surface area contributed by atoms with Crippen LogP contribution in [0.3, 0.4) is 0 Å². The first kappa shape index (κ1) is 13.2. The summed E-state index contributed by atoms with van der Waals surface area (Å²) in [5.74, 6) is 0.409. The van der Waals surface area contributed by atoms with Crippen LogP contribution in [0.1, 0.15) is 19.3 Å². The van der Waals surface area contributed by atoms with Gasteiger partial charge in [-0.3, -0.25) is 14.9 Å². The fourth-order valence-electron chi connectivity index (χ4n) is 1.91. The molecule has 1 fully saturated rings. The zero-order valence-corrected chi connectivity index (χ0v) is 10.4. The highest BCUT2D eigenvalue weighted by Crippen LogP contribution is 2.10. The molecule has 1 amide bonds. The monoisotopic (exact) mass is 265 g/mol. The Labute approximate surface area is 110 Å². The smallest absolute Gasteiger partial charge is 0.305 e. The standard InChI is InChI=1S/C11H15N5O3/c17-10(15-5-1-2-6-15)3-4-12-11-13-7-9(8-14-11)16(18)19/h7-8H,1-6H2,(H,12,13,14). The zero-order valence-electron chi connectivity index (χ0n) is 10.4. The Hall–Kier alpha value is -2.25. The molecule has 0 aromatic carbocycles. The van der Waals surface area contributed by atoms with Gasteiger partial charge in [0, 0.05) is 26.1 Å². The first-order chi connectivity index (χ1) is 9.16. The van der Waals surface area contributed by atoms with Gasteiger partial charge < -0.3 is 10.2 Å². The third kappa shape index (κ3) is 3.60. The molecule has 19 heavy (non-hydrogen) atoms. The van der Waals surface area contributed by atoms with Gasteiger partial charge in [0.2, 0.25) is 11.9 Å². The Bertz CT molecular complexity index is 456. The number of nitrogens with zero attached hydrogens (tertiary/aromatic N) is 4. The minimum Gasteiger partial charge on any atom is -0.354 e. The lowest BCUT2D eigenvalue weighted by molar-refractivity contribution is -0.385. The Morgan fingerprint density at radius 2 is 2.00 bits per heavy atom. The minimum absolute atomic E-state index is 0.118. The number of likely N-dealkylation sites (tertiary alicyclic amines) is 1. The van der Waals surface area contributed by atoms with Crippen LogP contribution in [0.2, 0.25) is 0 Å². The van der Waals surface area contributed by atoms with Crippen molar-refractivity contribution in [2.75, 3.05) is 25.0 Å². The van der Waals surface area contributed by atoms with E-state index in [1.807, 2.05) is 4.90 Å². The Morgan fingerprint density at radius 3 is 2.58 bits per heavy atom. The van der Waals surface area contributed by atoms with E-state index in [1.165, 1.54) is 0 Å². The third-order valence-electron chi connectivity index (χ3n) is 2.93. The second-order valence-corrected chi connectivity index (χ2v) is 4.29. The van der Waals surface area contributed by atoms with Gasteiger partial charge >= 0.3 is 5.69 Å². The van der Waals surface area contributed by atoms with Crippen molar-refractivity contribution in [1.82, 2.24) is 14.9 Å². The van der Waals surface area contributed by atoms with Crippen LogP contribution >= 0.6 is 0 Å². The SMILES string of the molecule is O=C(CCNc1ncc([N+](=O)[O-])cn1)N1CCCC1. The molecule has 1 aromatic heterocycles. The van der Waals surface area contributed by atoms with E-state index in [1.54, 1.807) is 0 Å². The van der Waals surface area contributed by atoms with Crippen LogP contribution in [-0.2, 0) is 4.79 Å². The number of hydrogen-bond donors (Lipinski definition) is 1. The summed E-state index contributed by atoms with van der Waals surface area (Å²) in [5.41, 5.74) is -0.154. The van der Waals surface area contributed by atoms with Crippen LogP contribution in [0.15, 0.2) is 12.4 Å². The number of carbonyl (C=O) groups excluding carboxylic acids is 1. The second-order valence-electron chi connectivity index (χ2n) is 4.29. The van der Waals surface area contributed by atoms with Crippen molar-refractivity contribution < 1.29 is 9.72 Å². The number of nitrogens with one attached hydrogen (secondary N) is 1. The maximum atomic E-state index is 11.7. The van der Waals surface area contributed by atoms with Crippen LogP contribution in [0.5, 0.6) is 0 Å². The lowest BCUT2D eigenvalue weighted by atomic mass is 10.3. The highest BCUT2D eigenvalue weighted by molar-refractivity contribution is 5.76. The van der Waals surface area contributed by atoms with Gasteiger partial charge in [-0.1, -0.05) is 0 Å². The Balaban J connectivity index is 1.75. The normalized spacial score (nSPS) is 14.4. The van der Waals surface area contributed by atoms with E-state index in [-0.39, 0.29) is 11.6 Å². The van der Waals surface area contributed by atoms with Gasteiger partial charge in [-0.15, -0.1) is 0 Å². The summed E-state index contributed by atoms with van der Waals surface area (Å²) < 4.78 is 0. The van der Waals surface area contributed by atoms with Crippen molar-refractivity contribution in [2.24, 2.45) is 0 Å². The average Bonchev–Trinajstić information content (AvgIpc) is 2.93. The molecule has 102 valence electrons. The maximum absolute atomic E-state index is 11.7. The van der Waals surface area contributed by atoms with Gasteiger partial charge in [-0.2, -0.15) is 0 Å². The molecule has 8 heteroatoms. The first-order valence-electron chi connectivity index (χ1n) is 6.15. The molecule has 0 spiro atoms. The van der Waals surface area contributed by atoms with E-state index < -0.39 is 4.92 Å². The largest absolute Gasteiger partial charge is 0.354 e. The van der Waals surface area contributed by atoms with Gasteiger partial charge in [0.15, 0.2) is 0 Å². The summed E-state index contributed by atoms with van der Waals surface area (Å²) in [6.07, 6.45) is 4.80. The molecule has 8 nitrogen and oxygen atoms in total. The highest BCUT2D eigenvalue weighted by atomic mass is 16.6. The van der Waals surface area contributed by atoms with Crippen molar-refractivity contribution in [3.63, 3.8) is 0 Å². The topological polar surface area (TPSA) is 101 Å². The maximum Gasteiger partial charge on any atom is 0.305 e. The third-order valence-corrected chi connectivity index (χ3v) is 2.93. The van der Waals surface area contributed by atoms with E-state index in [2.05, 4.69) is 15.3 Å². The Kier molecular flexibility index (Phi) is 4.22. The van der Waals surface area contributed by atoms with Crippen molar-refractivity contribution in [3.8, 4) is 0 Å². The number of carbonyl (C=O) groups is 1. The number of amides is 1. The quantitative estimate of drug-likeness (QED) is 0.624. The van der Waals surface area contributed by atoms with Gasteiger partial charge in [-0.05, 0) is 12.8 Å². The fourth-order valence-corrected chi connectivity index (χ4v) is 1.91. The van der Waals surface area contributed by atoms with Crippen LogP contribution in [0, 0.1) is 10.1 Å². The molecular weight excluding hydrogens is 250 g/mol. The van der Waals surface area contributed by atoms with Gasteiger partial charge in [0.1, 0.15) is 12.4 Å². The first-order valence-corrected chi connectivity index (χ1v) is 6.15. The van der Waals surface area contributed by atoms with Gasteiger partial charge in [0.05, 0.1) is 4.92 Å². The summed E-state index contributed by atoms with van der Waals surface area (Å²) in [6.45, 7) is 2.10. The number of hydrogen-bond acceptors (Lipinski definition) is 6. The number of aromatic nitrogens is 2. The van der Waals surface area contributed by atoms with Crippen LogP contribution in [0.25, 0.3) is 0 Å². The molecule has 0 unspecified atom stereocenters. The summed E-state index contributed by atoms with van der Waals surface area (Å²) in [5, 5.41) is 13.3. The average molecular weight is 265 g/mol. The molecule has 2 rings (SSSR count). The van der Waals surface area contributed by atoms with Gasteiger partial charge in [-0.25, -0.2) is 9.97 Å². The van der Waals surface area contributed by atoms with Crippen molar-refractivity contribution in [1.29, 1.82) is 0 Å². The second kappa shape index (κ2) is 6.07. The van der Waals surface area contributed by atoms with Crippen molar-refractivity contribution in [2.45, 2.75) is 19.3 Å². The van der Waals surface area contributed by atoms with E-state index in [0.717, 1.165) is 38.3 Å². The lowest BCUT2D eigenvalue weighted by Crippen LogP contribution is -2.29. The molecule has 0 saturated carbocycles. The molecule has 1 aliphatic rings. The van der Waals surface area contributed by atoms with Crippen molar-refractivity contribution in [3.05, 3.63) is 22.5 Å². The van der Waals surface area contributed by atoms with E-state index >= 15 is 0 Å². The summed E-state index contributed by atoms with van der Waals surface area (Å²) >= 11 is 0. The molecule has 1 aromatic rings. The Morgan fingerprint density at radius 1 is 1.37 bits per heavy atom. The highest BCUT2D eigenvalue weighted by Gasteiger charge is 2.17. The van der Waals surface area contributed by atoms with Crippen LogP contribution < -0.4 is 5.32 Å². The molecule has 0 atom stereocenters. The molecule has 1 saturated heterocycles. The lowest BCUT2D eigenvalue weighted by Gasteiger charge is -2.14. The van der Waals surface area contributed by atoms with E-state index in [0.29, 0.717) is 18.9 Å². The predicted octanol–water partition coefficient (Wildman–Crippen LogP) is 0.809. The fraction of sp³-hybridized carbons (Fsp3) is 0.545. The zero-order chi connectivity index (χ0) is 13.7.